The number of aryl methyl sites for hydroxylation is 1. The topological polar surface area (TPSA) is 194 Å². The van der Waals surface area contributed by atoms with E-state index in [9.17, 15) is 24.6 Å². The molecule has 15 nitrogen and oxygen atoms in total. The Morgan fingerprint density at radius 2 is 1.73 bits per heavy atom. The number of benzene rings is 2. The smallest absolute Gasteiger partial charge is 0.243 e. The SMILES string of the molecule is Cc1ncsc1-c1ccc([C@H](C)NC(=O)[C@@H]2C[C@@H](O)CN2C(=O)[C@@H](c2cc(N3CCC(C(=O)N4CC(c5cc6nnc(-c7ccccc7O)cc6[nH]5)C4)CC3)no2)C(C)C)cc1. The monoisotopic (exact) mass is 857 g/mol. The number of nitrogens with zero attached hydrogens (tertiary/aromatic N) is 7. The van der Waals surface area contributed by atoms with Crippen molar-refractivity contribution in [2.45, 2.75) is 77.0 Å². The Morgan fingerprint density at radius 1 is 0.968 bits per heavy atom. The molecule has 16 heteroatoms. The van der Waals surface area contributed by atoms with Crippen LogP contribution in [0.1, 0.15) is 80.6 Å². The van der Waals surface area contributed by atoms with Gasteiger partial charge in [-0.15, -0.1) is 21.5 Å². The summed E-state index contributed by atoms with van der Waals surface area (Å²) in [6.45, 7) is 10.3. The molecule has 3 amide bonds. The van der Waals surface area contributed by atoms with Gasteiger partial charge in [-0.1, -0.05) is 55.4 Å². The Kier molecular flexibility index (Phi) is 11.3. The summed E-state index contributed by atoms with van der Waals surface area (Å²) in [6.07, 6.45) is 0.656. The highest BCUT2D eigenvalue weighted by Gasteiger charge is 2.44. The number of nitrogens with one attached hydrogen (secondary N) is 2. The second-order valence-corrected chi connectivity index (χ2v) is 18.2. The number of phenols is 1. The quantitative estimate of drug-likeness (QED) is 0.116. The number of aromatic nitrogens is 5. The van der Waals surface area contributed by atoms with E-state index in [0.717, 1.165) is 38.4 Å². The third-order valence-corrected chi connectivity index (χ3v) is 13.7. The predicted molar refractivity (Wildman–Crippen MR) is 234 cm³/mol. The van der Waals surface area contributed by atoms with Crippen LogP contribution in [-0.2, 0) is 14.4 Å². The minimum absolute atomic E-state index is 0.0515. The number of phenolic OH excluding ortho intramolecular Hbond substituents is 1. The number of hydrogen-bond donors (Lipinski definition) is 4. The maximum absolute atomic E-state index is 14.3. The van der Waals surface area contributed by atoms with Crippen LogP contribution in [0.2, 0.25) is 0 Å². The van der Waals surface area contributed by atoms with Crippen LogP contribution >= 0.6 is 11.3 Å². The van der Waals surface area contributed by atoms with Crippen LogP contribution in [0, 0.1) is 18.8 Å². The van der Waals surface area contributed by atoms with Crippen molar-refractivity contribution >= 4 is 45.9 Å². The van der Waals surface area contributed by atoms with E-state index in [2.05, 4.69) is 35.5 Å². The number of amides is 3. The molecule has 3 saturated heterocycles. The van der Waals surface area contributed by atoms with Crippen molar-refractivity contribution in [1.29, 1.82) is 0 Å². The van der Waals surface area contributed by atoms with Gasteiger partial charge in [-0.05, 0) is 68.0 Å². The van der Waals surface area contributed by atoms with Crippen LogP contribution < -0.4 is 10.2 Å². The second-order valence-electron chi connectivity index (χ2n) is 17.3. The lowest BCUT2D eigenvalue weighted by Crippen LogP contribution is -2.52. The first-order chi connectivity index (χ1) is 29.9. The van der Waals surface area contributed by atoms with Crippen molar-refractivity contribution in [3.05, 3.63) is 95.0 Å². The zero-order valence-corrected chi connectivity index (χ0v) is 36.0. The molecule has 4 aromatic heterocycles. The van der Waals surface area contributed by atoms with Crippen LogP contribution in [0.4, 0.5) is 5.82 Å². The van der Waals surface area contributed by atoms with Gasteiger partial charge in [-0.2, -0.15) is 0 Å². The zero-order chi connectivity index (χ0) is 43.2. The molecule has 2 aromatic carbocycles. The molecule has 9 rings (SSSR count). The largest absolute Gasteiger partial charge is 0.507 e. The van der Waals surface area contributed by atoms with Crippen molar-refractivity contribution in [3.8, 4) is 27.4 Å². The summed E-state index contributed by atoms with van der Waals surface area (Å²) in [5.74, 6) is -0.0835. The summed E-state index contributed by atoms with van der Waals surface area (Å²) in [6, 6.07) is 19.6. The summed E-state index contributed by atoms with van der Waals surface area (Å²) >= 11 is 1.59. The highest BCUT2D eigenvalue weighted by Crippen LogP contribution is 2.36. The van der Waals surface area contributed by atoms with Gasteiger partial charge in [-0.3, -0.25) is 14.4 Å². The number of aliphatic hydroxyl groups is 1. The molecule has 0 unspecified atom stereocenters. The van der Waals surface area contributed by atoms with Crippen LogP contribution in [0.5, 0.6) is 5.75 Å². The van der Waals surface area contributed by atoms with Gasteiger partial charge in [0, 0.05) is 68.3 Å². The molecule has 4 atom stereocenters. The van der Waals surface area contributed by atoms with Crippen LogP contribution in [0.15, 0.2) is 76.8 Å². The Balaban J connectivity index is 0.784. The fourth-order valence-corrected chi connectivity index (χ4v) is 9.96. The first-order valence-electron chi connectivity index (χ1n) is 21.4. The Morgan fingerprint density at radius 3 is 2.44 bits per heavy atom. The molecule has 3 fully saturated rings. The highest BCUT2D eigenvalue weighted by molar-refractivity contribution is 7.13. The summed E-state index contributed by atoms with van der Waals surface area (Å²) in [5, 5.41) is 37.1. The number of anilines is 1. The van der Waals surface area contributed by atoms with Gasteiger partial charge in [0.1, 0.15) is 23.2 Å². The van der Waals surface area contributed by atoms with E-state index in [0.29, 0.717) is 61.9 Å². The average molecular weight is 858 g/mol. The Bertz CT molecular complexity index is 2590. The first-order valence-corrected chi connectivity index (χ1v) is 22.2. The van der Waals surface area contributed by atoms with Crippen molar-refractivity contribution in [3.63, 3.8) is 0 Å². The number of para-hydroxylation sites is 1. The Hall–Kier alpha value is -6.13. The lowest BCUT2D eigenvalue weighted by Gasteiger charge is -2.42. The molecule has 0 bridgehead atoms. The van der Waals surface area contributed by atoms with Gasteiger partial charge >= 0.3 is 0 Å². The van der Waals surface area contributed by atoms with Gasteiger partial charge in [-0.25, -0.2) is 4.98 Å². The number of fused-ring (bicyclic) bond motifs is 1. The van der Waals surface area contributed by atoms with Crippen molar-refractivity contribution in [1.82, 2.24) is 40.4 Å². The van der Waals surface area contributed by atoms with E-state index in [1.807, 2.05) is 86.6 Å². The Labute approximate surface area is 363 Å². The number of H-pyrrole nitrogens is 1. The lowest BCUT2D eigenvalue weighted by molar-refractivity contribution is -0.141. The molecule has 0 saturated carbocycles. The third kappa shape index (κ3) is 8.04. The standard InChI is InChI=1S/C46H51N9O6S/c1-25(2)42(46(60)55-23-32(56)17-38(55)44(58)48-26(3)28-9-11-29(12-10-28)43-27(4)47-24-62-43)40-20-41(52-61-40)53-15-13-30(14-16-53)45(59)54-21-31(22-54)34-18-37-36(49-34)19-35(50-51-37)33-7-5-6-8-39(33)57/h5-12,18-20,24-26,30-32,38,42,49,56-57H,13-17,21-23H2,1-4H3,(H,48,58)/t26-,32+,38-,42+/m0/s1. The number of rotatable bonds is 11. The molecule has 7 heterocycles. The number of β-amino-alcohol motifs (C(OH)–C–C–N with tert-alkyl or cyclic N) is 1. The average Bonchev–Trinajstić information content (AvgIpc) is 4.07. The van der Waals surface area contributed by atoms with E-state index >= 15 is 0 Å². The molecule has 3 aliphatic heterocycles. The van der Waals surface area contributed by atoms with E-state index in [1.54, 1.807) is 29.5 Å². The molecular formula is C46H51N9O6S. The van der Waals surface area contributed by atoms with Gasteiger partial charge in [0.15, 0.2) is 11.6 Å². The van der Waals surface area contributed by atoms with E-state index in [1.165, 1.54) is 4.90 Å². The lowest BCUT2D eigenvalue weighted by atomic mass is 9.90. The van der Waals surface area contributed by atoms with Crippen LogP contribution in [0.3, 0.4) is 0 Å². The van der Waals surface area contributed by atoms with Gasteiger partial charge < -0.3 is 39.7 Å². The number of likely N-dealkylation sites (tertiary alicyclic amines) is 2. The molecule has 0 spiro atoms. The number of aromatic amines is 1. The van der Waals surface area contributed by atoms with E-state index in [-0.39, 0.29) is 60.2 Å². The number of carbonyl (C=O) groups excluding carboxylic acids is 3. The normalized spacial score (nSPS) is 19.5. The minimum atomic E-state index is -0.831. The summed E-state index contributed by atoms with van der Waals surface area (Å²) < 4.78 is 5.86. The zero-order valence-electron chi connectivity index (χ0n) is 35.2. The van der Waals surface area contributed by atoms with Crippen molar-refractivity contribution in [2.75, 3.05) is 37.6 Å². The van der Waals surface area contributed by atoms with Gasteiger partial charge in [0.25, 0.3) is 0 Å². The van der Waals surface area contributed by atoms with Gasteiger partial charge in [0.2, 0.25) is 17.7 Å². The number of aromatic hydroxyl groups is 1. The number of carbonyl (C=O) groups is 3. The van der Waals surface area contributed by atoms with Crippen LogP contribution in [0.25, 0.3) is 32.7 Å². The summed E-state index contributed by atoms with van der Waals surface area (Å²) in [4.78, 5) is 56.0. The predicted octanol–water partition coefficient (Wildman–Crippen LogP) is 6.17. The fraction of sp³-hybridized carbons (Fsp3) is 0.413. The van der Waals surface area contributed by atoms with Crippen molar-refractivity contribution < 1.29 is 29.1 Å². The summed E-state index contributed by atoms with van der Waals surface area (Å²) in [5.41, 5.74) is 8.58. The molecule has 6 aromatic rings. The molecule has 3 aliphatic rings. The molecule has 322 valence electrons. The number of piperidine rings is 1. The molecule has 4 N–H and O–H groups in total. The van der Waals surface area contributed by atoms with Crippen LogP contribution in [-0.4, -0.2) is 108 Å². The maximum Gasteiger partial charge on any atom is 0.243 e. The van der Waals surface area contributed by atoms with E-state index < -0.39 is 18.1 Å². The minimum Gasteiger partial charge on any atom is -0.507 e. The van der Waals surface area contributed by atoms with Gasteiger partial charge in [0.05, 0.1) is 39.4 Å². The summed E-state index contributed by atoms with van der Waals surface area (Å²) in [7, 11) is 0. The number of aliphatic hydroxyl groups excluding tert-OH is 1. The molecule has 62 heavy (non-hydrogen) atoms. The third-order valence-electron chi connectivity index (χ3n) is 12.8. The number of thiazole rings is 1. The molecule has 0 radical (unpaired) electrons. The molecular weight excluding hydrogens is 807 g/mol. The van der Waals surface area contributed by atoms with Crippen molar-refractivity contribution in [2.24, 2.45) is 11.8 Å². The second kappa shape index (κ2) is 17.0. The maximum atomic E-state index is 14.3. The molecule has 0 aliphatic carbocycles. The van der Waals surface area contributed by atoms with E-state index in [4.69, 9.17) is 4.52 Å². The number of hydrogen-bond acceptors (Lipinski definition) is 12. The highest BCUT2D eigenvalue weighted by atomic mass is 32.1. The first kappa shape index (κ1) is 41.2. The fourth-order valence-electron chi connectivity index (χ4n) is 9.15.